The smallest absolute Gasteiger partial charge is 0.00113 e. The van der Waals surface area contributed by atoms with E-state index in [2.05, 4.69) is 18.2 Å². The van der Waals surface area contributed by atoms with Crippen molar-refractivity contribution in [2.75, 3.05) is 0 Å². The average Bonchev–Trinajstić information content (AvgIpc) is 2.67. The van der Waals surface area contributed by atoms with E-state index in [0.29, 0.717) is 0 Å². The standard InChI is InChI=1S/C14H20/c1-2-4-8-13-11(6-3-1)10-12-7-5-9-14(12)13/h5,7,9,11-13H,1-4,6,8,10H2. The lowest BCUT2D eigenvalue weighted by molar-refractivity contribution is 0.324. The summed E-state index contributed by atoms with van der Waals surface area (Å²) in [5.41, 5.74) is 1.79. The Balaban J connectivity index is 1.79. The first-order valence-corrected chi connectivity index (χ1v) is 6.33. The molecule has 3 aliphatic rings. The minimum absolute atomic E-state index is 0.850. The first-order chi connectivity index (χ1) is 6.95. The number of allylic oxidation sites excluding steroid dienone is 4. The zero-order valence-corrected chi connectivity index (χ0v) is 8.91. The van der Waals surface area contributed by atoms with E-state index in [1.807, 2.05) is 0 Å². The zero-order chi connectivity index (χ0) is 9.38. The van der Waals surface area contributed by atoms with Gasteiger partial charge in [0, 0.05) is 0 Å². The summed E-state index contributed by atoms with van der Waals surface area (Å²) < 4.78 is 0. The highest BCUT2D eigenvalue weighted by molar-refractivity contribution is 5.33. The highest BCUT2D eigenvalue weighted by Gasteiger charge is 2.37. The second kappa shape index (κ2) is 3.56. The summed E-state index contributed by atoms with van der Waals surface area (Å²) in [6, 6.07) is 0. The van der Waals surface area contributed by atoms with Crippen LogP contribution in [0.5, 0.6) is 0 Å². The molecule has 0 aromatic heterocycles. The molecule has 0 amide bonds. The molecule has 3 rings (SSSR count). The SMILES string of the molecule is C1=CC2CC3CCCCCCC3C2=C1. The topological polar surface area (TPSA) is 0 Å². The summed E-state index contributed by atoms with van der Waals surface area (Å²) in [6.45, 7) is 0. The molecule has 0 nitrogen and oxygen atoms in total. The Morgan fingerprint density at radius 3 is 2.79 bits per heavy atom. The van der Waals surface area contributed by atoms with E-state index in [9.17, 15) is 0 Å². The van der Waals surface area contributed by atoms with Crippen LogP contribution in [0.3, 0.4) is 0 Å². The van der Waals surface area contributed by atoms with Crippen LogP contribution < -0.4 is 0 Å². The maximum Gasteiger partial charge on any atom is -0.00113 e. The molecule has 0 aliphatic heterocycles. The molecule has 14 heavy (non-hydrogen) atoms. The predicted molar refractivity (Wildman–Crippen MR) is 60.0 cm³/mol. The van der Waals surface area contributed by atoms with Gasteiger partial charge in [0.1, 0.15) is 0 Å². The summed E-state index contributed by atoms with van der Waals surface area (Å²) in [5.74, 6) is 2.86. The second-order valence-corrected chi connectivity index (χ2v) is 5.25. The number of rotatable bonds is 0. The molecule has 2 saturated carbocycles. The number of hydrogen-bond acceptors (Lipinski definition) is 0. The van der Waals surface area contributed by atoms with Crippen LogP contribution in [0.1, 0.15) is 44.9 Å². The van der Waals surface area contributed by atoms with Crippen LogP contribution in [0.15, 0.2) is 23.8 Å². The van der Waals surface area contributed by atoms with Crippen molar-refractivity contribution in [2.45, 2.75) is 44.9 Å². The van der Waals surface area contributed by atoms with Crippen LogP contribution in [0.2, 0.25) is 0 Å². The predicted octanol–water partition coefficient (Wildman–Crippen LogP) is 4.09. The summed E-state index contributed by atoms with van der Waals surface area (Å²) in [5, 5.41) is 0. The number of hydrogen-bond donors (Lipinski definition) is 0. The highest BCUT2D eigenvalue weighted by atomic mass is 14.4. The van der Waals surface area contributed by atoms with Crippen molar-refractivity contribution in [1.29, 1.82) is 0 Å². The third-order valence-electron chi connectivity index (χ3n) is 4.45. The third-order valence-corrected chi connectivity index (χ3v) is 4.45. The van der Waals surface area contributed by atoms with Gasteiger partial charge < -0.3 is 0 Å². The Bertz CT molecular complexity index is 272. The second-order valence-electron chi connectivity index (χ2n) is 5.25. The van der Waals surface area contributed by atoms with Gasteiger partial charge in [-0.15, -0.1) is 0 Å². The molecule has 0 radical (unpaired) electrons. The van der Waals surface area contributed by atoms with Crippen LogP contribution in [0.25, 0.3) is 0 Å². The Labute approximate surface area is 87.1 Å². The molecule has 0 aromatic carbocycles. The van der Waals surface area contributed by atoms with Gasteiger partial charge in [-0.2, -0.15) is 0 Å². The van der Waals surface area contributed by atoms with Crippen molar-refractivity contribution in [1.82, 2.24) is 0 Å². The van der Waals surface area contributed by atoms with E-state index in [1.54, 1.807) is 5.57 Å². The molecule has 76 valence electrons. The van der Waals surface area contributed by atoms with Gasteiger partial charge in [0.05, 0.1) is 0 Å². The molecule has 0 heteroatoms. The van der Waals surface area contributed by atoms with Crippen molar-refractivity contribution in [3.8, 4) is 0 Å². The Morgan fingerprint density at radius 2 is 1.86 bits per heavy atom. The molecule has 3 unspecified atom stereocenters. The molecule has 0 bridgehead atoms. The Hall–Kier alpha value is -0.520. The van der Waals surface area contributed by atoms with Gasteiger partial charge in [-0.05, 0) is 37.0 Å². The van der Waals surface area contributed by atoms with Crippen LogP contribution in [-0.4, -0.2) is 0 Å². The number of fused-ring (bicyclic) bond motifs is 3. The van der Waals surface area contributed by atoms with E-state index in [-0.39, 0.29) is 0 Å². The summed E-state index contributed by atoms with van der Waals surface area (Å²) in [4.78, 5) is 0. The minimum Gasteiger partial charge on any atom is -0.0773 e. The van der Waals surface area contributed by atoms with Crippen LogP contribution in [-0.2, 0) is 0 Å². The Morgan fingerprint density at radius 1 is 1.00 bits per heavy atom. The molecule has 0 heterocycles. The normalized spacial score (nSPS) is 41.1. The van der Waals surface area contributed by atoms with E-state index >= 15 is 0 Å². The van der Waals surface area contributed by atoms with Crippen molar-refractivity contribution >= 4 is 0 Å². The maximum atomic E-state index is 2.43. The largest absolute Gasteiger partial charge is 0.0773 e. The van der Waals surface area contributed by atoms with E-state index in [0.717, 1.165) is 17.8 Å². The molecule has 0 N–H and O–H groups in total. The van der Waals surface area contributed by atoms with Gasteiger partial charge in [-0.25, -0.2) is 0 Å². The van der Waals surface area contributed by atoms with E-state index in [1.165, 1.54) is 44.9 Å². The lowest BCUT2D eigenvalue weighted by Gasteiger charge is -2.23. The van der Waals surface area contributed by atoms with Gasteiger partial charge in [-0.1, -0.05) is 49.5 Å². The molecule has 0 saturated heterocycles. The highest BCUT2D eigenvalue weighted by Crippen LogP contribution is 2.49. The van der Waals surface area contributed by atoms with Gasteiger partial charge >= 0.3 is 0 Å². The van der Waals surface area contributed by atoms with Gasteiger partial charge in [0.2, 0.25) is 0 Å². The van der Waals surface area contributed by atoms with Crippen molar-refractivity contribution in [3.05, 3.63) is 23.8 Å². The van der Waals surface area contributed by atoms with Gasteiger partial charge in [-0.3, -0.25) is 0 Å². The van der Waals surface area contributed by atoms with Gasteiger partial charge in [0.15, 0.2) is 0 Å². The Kier molecular flexibility index (Phi) is 2.23. The van der Waals surface area contributed by atoms with Crippen LogP contribution in [0, 0.1) is 17.8 Å². The monoisotopic (exact) mass is 188 g/mol. The van der Waals surface area contributed by atoms with Crippen LogP contribution in [0.4, 0.5) is 0 Å². The summed E-state index contributed by atoms with van der Waals surface area (Å²) >= 11 is 0. The quantitative estimate of drug-likeness (QED) is 0.537. The summed E-state index contributed by atoms with van der Waals surface area (Å²) in [6.07, 6.45) is 17.5. The minimum atomic E-state index is 0.850. The lowest BCUT2D eigenvalue weighted by atomic mass is 9.82. The molecular formula is C14H20. The van der Waals surface area contributed by atoms with Crippen LogP contribution >= 0.6 is 0 Å². The summed E-state index contributed by atoms with van der Waals surface area (Å²) in [7, 11) is 0. The average molecular weight is 188 g/mol. The first-order valence-electron chi connectivity index (χ1n) is 6.33. The fourth-order valence-corrected chi connectivity index (χ4v) is 3.76. The van der Waals surface area contributed by atoms with Crippen molar-refractivity contribution in [2.24, 2.45) is 17.8 Å². The van der Waals surface area contributed by atoms with E-state index < -0.39 is 0 Å². The van der Waals surface area contributed by atoms with Crippen molar-refractivity contribution < 1.29 is 0 Å². The fourth-order valence-electron chi connectivity index (χ4n) is 3.76. The van der Waals surface area contributed by atoms with Gasteiger partial charge in [0.25, 0.3) is 0 Å². The first kappa shape index (κ1) is 8.76. The molecule has 3 aliphatic carbocycles. The molecule has 3 atom stereocenters. The van der Waals surface area contributed by atoms with E-state index in [4.69, 9.17) is 0 Å². The third kappa shape index (κ3) is 1.36. The fraction of sp³-hybridized carbons (Fsp3) is 0.714. The lowest BCUT2D eigenvalue weighted by Crippen LogP contribution is -2.11. The van der Waals surface area contributed by atoms with Crippen molar-refractivity contribution in [3.63, 3.8) is 0 Å². The maximum absolute atomic E-state index is 2.43. The molecule has 0 spiro atoms. The molecule has 2 fully saturated rings. The zero-order valence-electron chi connectivity index (χ0n) is 8.91. The molecular weight excluding hydrogens is 168 g/mol. The molecule has 0 aromatic rings.